The molecule has 0 unspecified atom stereocenters. The zero-order valence-corrected chi connectivity index (χ0v) is 21.9. The molecule has 1 aromatic heterocycles. The summed E-state index contributed by atoms with van der Waals surface area (Å²) in [4.78, 5) is 24.7. The first kappa shape index (κ1) is 27.9. The summed E-state index contributed by atoms with van der Waals surface area (Å²) in [6.07, 6.45) is -3.00. The standard InChI is InChI=1S/C31H21ClF4N2O3/c32-25-3-1-2-19(10-25)17-38-9-8-21-11-22(23-12-24(31(34,35)36)15-26(33)13-23)14-27(28(21)38)29(39)37-16-18-4-6-20(7-5-18)30(40)41/h1-15H,16-17H2,(H,37,39)(H,40,41). The molecule has 0 aliphatic heterocycles. The zero-order chi connectivity index (χ0) is 29.3. The highest BCUT2D eigenvalue weighted by Crippen LogP contribution is 2.35. The summed E-state index contributed by atoms with van der Waals surface area (Å²) in [5.74, 6) is -2.65. The van der Waals surface area contributed by atoms with E-state index >= 15 is 0 Å². The first-order chi connectivity index (χ1) is 19.5. The van der Waals surface area contributed by atoms with Crippen LogP contribution < -0.4 is 5.32 Å². The Balaban J connectivity index is 1.57. The molecule has 5 aromatic rings. The van der Waals surface area contributed by atoms with Gasteiger partial charge in [0, 0.05) is 29.7 Å². The second-order valence-electron chi connectivity index (χ2n) is 9.45. The molecule has 0 aliphatic rings. The molecule has 1 heterocycles. The van der Waals surface area contributed by atoms with Crippen molar-refractivity contribution in [3.8, 4) is 11.1 Å². The Bertz CT molecular complexity index is 1780. The monoisotopic (exact) mass is 580 g/mol. The van der Waals surface area contributed by atoms with E-state index < -0.39 is 29.4 Å². The second-order valence-corrected chi connectivity index (χ2v) is 9.88. The van der Waals surface area contributed by atoms with Gasteiger partial charge in [0.1, 0.15) is 5.82 Å². The number of benzene rings is 4. The van der Waals surface area contributed by atoms with Crippen molar-refractivity contribution in [2.75, 3.05) is 0 Å². The number of carbonyl (C=O) groups excluding carboxylic acids is 1. The first-order valence-corrected chi connectivity index (χ1v) is 12.7. The maximum atomic E-state index is 14.3. The van der Waals surface area contributed by atoms with Gasteiger partial charge in [0.2, 0.25) is 0 Å². The third kappa shape index (κ3) is 6.25. The summed E-state index contributed by atoms with van der Waals surface area (Å²) >= 11 is 6.14. The molecule has 0 bridgehead atoms. The van der Waals surface area contributed by atoms with E-state index in [1.54, 1.807) is 48.7 Å². The van der Waals surface area contributed by atoms with E-state index in [0.29, 0.717) is 34.1 Å². The van der Waals surface area contributed by atoms with E-state index in [2.05, 4.69) is 5.32 Å². The highest BCUT2D eigenvalue weighted by molar-refractivity contribution is 6.30. The van der Waals surface area contributed by atoms with Crippen molar-refractivity contribution < 1.29 is 32.3 Å². The fourth-order valence-corrected chi connectivity index (χ4v) is 4.83. The van der Waals surface area contributed by atoms with E-state index in [1.165, 1.54) is 18.2 Å². The third-order valence-electron chi connectivity index (χ3n) is 6.56. The molecule has 5 nitrogen and oxygen atoms in total. The number of hydrogen-bond acceptors (Lipinski definition) is 2. The highest BCUT2D eigenvalue weighted by atomic mass is 35.5. The molecule has 0 radical (unpaired) electrons. The fraction of sp³-hybridized carbons (Fsp3) is 0.0968. The third-order valence-corrected chi connectivity index (χ3v) is 6.79. The molecule has 4 aromatic carbocycles. The number of alkyl halides is 3. The molecule has 0 saturated carbocycles. The van der Waals surface area contributed by atoms with Crippen LogP contribution in [0.25, 0.3) is 22.0 Å². The SMILES string of the molecule is O=C(O)c1ccc(CNC(=O)c2cc(-c3cc(F)cc(C(F)(F)F)c3)cc3ccn(Cc4cccc(Cl)c4)c23)cc1. The van der Waals surface area contributed by atoms with Gasteiger partial charge in [-0.2, -0.15) is 13.2 Å². The second kappa shape index (κ2) is 11.1. The molecule has 5 rings (SSSR count). The summed E-state index contributed by atoms with van der Waals surface area (Å²) in [6.45, 7) is 0.427. The Morgan fingerprint density at radius 2 is 1.61 bits per heavy atom. The van der Waals surface area contributed by atoms with Crippen LogP contribution in [0.1, 0.15) is 37.4 Å². The normalized spacial score (nSPS) is 11.5. The molecule has 2 N–H and O–H groups in total. The van der Waals surface area contributed by atoms with Crippen LogP contribution in [0.15, 0.2) is 91.1 Å². The number of carboxylic acid groups (broad SMARTS) is 1. The summed E-state index contributed by atoms with van der Waals surface area (Å²) in [6, 6.07) is 20.2. The van der Waals surface area contributed by atoms with Gasteiger partial charge >= 0.3 is 12.1 Å². The average molecular weight is 581 g/mol. The van der Waals surface area contributed by atoms with Crippen molar-refractivity contribution in [3.63, 3.8) is 0 Å². The molecule has 41 heavy (non-hydrogen) atoms. The molecule has 10 heteroatoms. The van der Waals surface area contributed by atoms with Crippen molar-refractivity contribution >= 4 is 34.4 Å². The molecule has 1 amide bonds. The van der Waals surface area contributed by atoms with E-state index in [0.717, 1.165) is 17.7 Å². The lowest BCUT2D eigenvalue weighted by atomic mass is 9.98. The van der Waals surface area contributed by atoms with Gasteiger partial charge < -0.3 is 15.0 Å². The molecular weight excluding hydrogens is 560 g/mol. The van der Waals surface area contributed by atoms with E-state index in [9.17, 15) is 27.2 Å². The van der Waals surface area contributed by atoms with Gasteiger partial charge in [-0.3, -0.25) is 4.79 Å². The Hall–Kier alpha value is -4.63. The summed E-state index contributed by atoms with van der Waals surface area (Å²) in [5, 5.41) is 13.0. The van der Waals surface area contributed by atoms with Crippen LogP contribution in [0.4, 0.5) is 17.6 Å². The van der Waals surface area contributed by atoms with E-state index in [4.69, 9.17) is 16.7 Å². The first-order valence-electron chi connectivity index (χ1n) is 12.3. The van der Waals surface area contributed by atoms with Crippen LogP contribution in [0.3, 0.4) is 0 Å². The number of aromatic nitrogens is 1. The lowest BCUT2D eigenvalue weighted by molar-refractivity contribution is -0.137. The van der Waals surface area contributed by atoms with E-state index in [-0.39, 0.29) is 28.8 Å². The van der Waals surface area contributed by atoms with Crippen molar-refractivity contribution in [3.05, 3.63) is 130 Å². The van der Waals surface area contributed by atoms with Gasteiger partial charge in [0.15, 0.2) is 0 Å². The number of fused-ring (bicyclic) bond motifs is 1. The van der Waals surface area contributed by atoms with Crippen molar-refractivity contribution in [2.24, 2.45) is 0 Å². The lowest BCUT2D eigenvalue weighted by Gasteiger charge is -2.14. The molecular formula is C31H21ClF4N2O3. The molecule has 0 atom stereocenters. The number of hydrogen-bond donors (Lipinski definition) is 2. The number of carboxylic acids is 1. The van der Waals surface area contributed by atoms with Crippen LogP contribution in [-0.2, 0) is 19.3 Å². The number of nitrogens with one attached hydrogen (secondary N) is 1. The van der Waals surface area contributed by atoms with Crippen LogP contribution >= 0.6 is 11.6 Å². The largest absolute Gasteiger partial charge is 0.478 e. The topological polar surface area (TPSA) is 71.3 Å². The summed E-state index contributed by atoms with van der Waals surface area (Å²) in [5.41, 5.74) is 1.38. The van der Waals surface area contributed by atoms with Crippen molar-refractivity contribution in [1.29, 1.82) is 0 Å². The highest BCUT2D eigenvalue weighted by Gasteiger charge is 2.31. The number of carbonyl (C=O) groups is 2. The van der Waals surface area contributed by atoms with Crippen LogP contribution in [-0.4, -0.2) is 21.6 Å². The lowest BCUT2D eigenvalue weighted by Crippen LogP contribution is -2.23. The number of rotatable bonds is 7. The van der Waals surface area contributed by atoms with Gasteiger partial charge in [0.05, 0.1) is 22.2 Å². The van der Waals surface area contributed by atoms with Crippen LogP contribution in [0, 0.1) is 5.82 Å². The Morgan fingerprint density at radius 3 is 2.29 bits per heavy atom. The maximum Gasteiger partial charge on any atom is 0.416 e. The minimum atomic E-state index is -4.75. The number of aromatic carboxylic acids is 1. The molecule has 0 spiro atoms. The molecule has 0 saturated heterocycles. The van der Waals surface area contributed by atoms with Gasteiger partial charge in [-0.15, -0.1) is 0 Å². The fourth-order valence-electron chi connectivity index (χ4n) is 4.62. The maximum absolute atomic E-state index is 14.3. The minimum Gasteiger partial charge on any atom is -0.478 e. The molecule has 0 aliphatic carbocycles. The average Bonchev–Trinajstić information content (AvgIpc) is 3.33. The zero-order valence-electron chi connectivity index (χ0n) is 21.2. The molecule has 0 fully saturated rings. The van der Waals surface area contributed by atoms with Gasteiger partial charge in [-0.1, -0.05) is 35.9 Å². The summed E-state index contributed by atoms with van der Waals surface area (Å²) < 4.78 is 56.3. The van der Waals surface area contributed by atoms with E-state index in [1.807, 2.05) is 10.6 Å². The van der Waals surface area contributed by atoms with Crippen molar-refractivity contribution in [2.45, 2.75) is 19.3 Å². The predicted octanol–water partition coefficient (Wildman–Crippen LogP) is 7.80. The van der Waals surface area contributed by atoms with Crippen molar-refractivity contribution in [1.82, 2.24) is 9.88 Å². The Kier molecular flexibility index (Phi) is 7.55. The van der Waals surface area contributed by atoms with Crippen LogP contribution in [0.5, 0.6) is 0 Å². The van der Waals surface area contributed by atoms with Crippen LogP contribution in [0.2, 0.25) is 5.02 Å². The van der Waals surface area contributed by atoms with Gasteiger partial charge in [-0.25, -0.2) is 9.18 Å². The molecule has 208 valence electrons. The Morgan fingerprint density at radius 1 is 0.878 bits per heavy atom. The number of nitrogens with zero attached hydrogens (tertiary/aromatic N) is 1. The van der Waals surface area contributed by atoms with Gasteiger partial charge in [0.25, 0.3) is 5.91 Å². The smallest absolute Gasteiger partial charge is 0.416 e. The number of amides is 1. The predicted molar refractivity (Wildman–Crippen MR) is 147 cm³/mol. The minimum absolute atomic E-state index is 0.0277. The number of halogens is 5. The van der Waals surface area contributed by atoms with Gasteiger partial charge in [-0.05, 0) is 82.9 Å². The quantitative estimate of drug-likeness (QED) is 0.193. The Labute approximate surface area is 236 Å². The summed E-state index contributed by atoms with van der Waals surface area (Å²) in [7, 11) is 0.